The van der Waals surface area contributed by atoms with Crippen LogP contribution in [0.1, 0.15) is 54.4 Å². The number of carboxylic acids is 1. The number of carbonyl (C=O) groups is 1. The van der Waals surface area contributed by atoms with Gasteiger partial charge in [-0.3, -0.25) is 4.79 Å². The summed E-state index contributed by atoms with van der Waals surface area (Å²) in [7, 11) is 0. The molecule has 0 bridgehead atoms. The normalized spacial score (nSPS) is 19.9. The van der Waals surface area contributed by atoms with E-state index in [4.69, 9.17) is 0 Å². The minimum Gasteiger partial charge on any atom is -0.481 e. The SMILES string of the molecule is CC(C)=C1CC(=C(C)C)C(C(=O)O)C(=C(C)C)C1. The minimum atomic E-state index is -0.713. The highest BCUT2D eigenvalue weighted by molar-refractivity contribution is 5.79. The van der Waals surface area contributed by atoms with Gasteiger partial charge in [-0.05, 0) is 65.5 Å². The van der Waals surface area contributed by atoms with E-state index in [1.54, 1.807) is 0 Å². The van der Waals surface area contributed by atoms with E-state index in [1.807, 2.05) is 27.7 Å². The van der Waals surface area contributed by atoms with Gasteiger partial charge in [0, 0.05) is 0 Å². The van der Waals surface area contributed by atoms with Gasteiger partial charge in [-0.2, -0.15) is 0 Å². The number of allylic oxidation sites excluding steroid dienone is 4. The van der Waals surface area contributed by atoms with Gasteiger partial charge in [0.2, 0.25) is 0 Å². The second-order valence-electron chi connectivity index (χ2n) is 5.78. The van der Waals surface area contributed by atoms with Crippen LogP contribution in [-0.2, 0) is 4.79 Å². The Balaban J connectivity index is 3.42. The highest BCUT2D eigenvalue weighted by Crippen LogP contribution is 2.41. The molecule has 0 amide bonds. The van der Waals surface area contributed by atoms with Gasteiger partial charge in [0.1, 0.15) is 0 Å². The molecule has 0 aromatic carbocycles. The predicted octanol–water partition coefficient (Wildman–Crippen LogP) is 4.49. The summed E-state index contributed by atoms with van der Waals surface area (Å²) in [5.74, 6) is -1.13. The smallest absolute Gasteiger partial charge is 0.314 e. The molecule has 0 spiro atoms. The highest BCUT2D eigenvalue weighted by atomic mass is 16.4. The van der Waals surface area contributed by atoms with E-state index in [0.717, 1.165) is 35.1 Å². The first kappa shape index (κ1) is 14.7. The van der Waals surface area contributed by atoms with Gasteiger partial charge in [-0.15, -0.1) is 0 Å². The number of hydrogen-bond donors (Lipinski definition) is 1. The van der Waals surface area contributed by atoms with Gasteiger partial charge in [0.15, 0.2) is 0 Å². The Morgan fingerprint density at radius 3 is 1.50 bits per heavy atom. The van der Waals surface area contributed by atoms with Crippen LogP contribution in [-0.4, -0.2) is 11.1 Å². The Kier molecular flexibility index (Phi) is 4.55. The molecule has 0 atom stereocenters. The fraction of sp³-hybridized carbons (Fsp3) is 0.562. The van der Waals surface area contributed by atoms with Crippen LogP contribution >= 0.6 is 0 Å². The molecule has 2 nitrogen and oxygen atoms in total. The van der Waals surface area contributed by atoms with Crippen LogP contribution in [0, 0.1) is 5.92 Å². The molecule has 1 saturated carbocycles. The van der Waals surface area contributed by atoms with Crippen LogP contribution in [0.15, 0.2) is 33.4 Å². The molecule has 2 heteroatoms. The quantitative estimate of drug-likeness (QED) is 0.694. The molecule has 0 heterocycles. The molecule has 1 aliphatic rings. The first-order chi connectivity index (χ1) is 8.25. The third kappa shape index (κ3) is 2.92. The maximum absolute atomic E-state index is 11.6. The molecule has 1 fully saturated rings. The lowest BCUT2D eigenvalue weighted by Gasteiger charge is -2.31. The molecule has 1 aliphatic carbocycles. The van der Waals surface area contributed by atoms with Crippen LogP contribution in [0.5, 0.6) is 0 Å². The summed E-state index contributed by atoms with van der Waals surface area (Å²) in [5.41, 5.74) is 7.11. The van der Waals surface area contributed by atoms with E-state index in [0.29, 0.717) is 0 Å². The zero-order valence-corrected chi connectivity index (χ0v) is 12.3. The van der Waals surface area contributed by atoms with E-state index in [9.17, 15) is 9.90 Å². The summed E-state index contributed by atoms with van der Waals surface area (Å²) in [6.45, 7) is 12.3. The molecular formula is C16H24O2. The van der Waals surface area contributed by atoms with E-state index in [-0.39, 0.29) is 0 Å². The van der Waals surface area contributed by atoms with Crippen LogP contribution in [0.25, 0.3) is 0 Å². The average molecular weight is 248 g/mol. The van der Waals surface area contributed by atoms with Crippen molar-refractivity contribution >= 4 is 5.97 Å². The number of carboxylic acid groups (broad SMARTS) is 1. The van der Waals surface area contributed by atoms with Crippen molar-refractivity contribution in [2.24, 2.45) is 5.92 Å². The monoisotopic (exact) mass is 248 g/mol. The Morgan fingerprint density at radius 2 is 1.28 bits per heavy atom. The maximum atomic E-state index is 11.6. The van der Waals surface area contributed by atoms with Crippen molar-refractivity contribution in [1.82, 2.24) is 0 Å². The lowest BCUT2D eigenvalue weighted by atomic mass is 9.73. The molecule has 0 aromatic heterocycles. The standard InChI is InChI=1S/C16H24O2/c1-9(2)12-7-13(10(3)4)15(16(17)18)14(8-12)11(5)6/h15H,7-8H2,1-6H3,(H,17,18). The van der Waals surface area contributed by atoms with Gasteiger partial charge in [-0.25, -0.2) is 0 Å². The van der Waals surface area contributed by atoms with Crippen LogP contribution in [0.2, 0.25) is 0 Å². The summed E-state index contributed by atoms with van der Waals surface area (Å²) >= 11 is 0. The molecule has 0 aliphatic heterocycles. The summed E-state index contributed by atoms with van der Waals surface area (Å²) in [4.78, 5) is 11.6. The van der Waals surface area contributed by atoms with E-state index in [2.05, 4.69) is 13.8 Å². The first-order valence-corrected chi connectivity index (χ1v) is 6.46. The summed E-state index contributed by atoms with van der Waals surface area (Å²) in [5, 5.41) is 9.52. The Morgan fingerprint density at radius 1 is 0.889 bits per heavy atom. The molecule has 1 rings (SSSR count). The molecule has 0 saturated heterocycles. The van der Waals surface area contributed by atoms with Gasteiger partial charge < -0.3 is 5.11 Å². The molecule has 0 unspecified atom stereocenters. The maximum Gasteiger partial charge on any atom is 0.314 e. The molecule has 1 N–H and O–H groups in total. The van der Waals surface area contributed by atoms with Gasteiger partial charge in [-0.1, -0.05) is 22.3 Å². The Labute approximate surface area is 110 Å². The van der Waals surface area contributed by atoms with Gasteiger partial charge in [0.05, 0.1) is 5.92 Å². The summed E-state index contributed by atoms with van der Waals surface area (Å²) in [6, 6.07) is 0. The topological polar surface area (TPSA) is 37.3 Å². The Hall–Kier alpha value is -1.31. The molecule has 100 valence electrons. The molecule has 18 heavy (non-hydrogen) atoms. The van der Waals surface area contributed by atoms with Crippen molar-refractivity contribution in [3.05, 3.63) is 33.4 Å². The van der Waals surface area contributed by atoms with Crippen molar-refractivity contribution in [3.8, 4) is 0 Å². The van der Waals surface area contributed by atoms with Crippen LogP contribution in [0.4, 0.5) is 0 Å². The van der Waals surface area contributed by atoms with Crippen molar-refractivity contribution in [3.63, 3.8) is 0 Å². The largest absolute Gasteiger partial charge is 0.481 e. The predicted molar refractivity (Wildman–Crippen MR) is 75.5 cm³/mol. The van der Waals surface area contributed by atoms with Crippen LogP contribution in [0.3, 0.4) is 0 Å². The zero-order valence-electron chi connectivity index (χ0n) is 12.3. The van der Waals surface area contributed by atoms with E-state index >= 15 is 0 Å². The molecule has 0 aromatic rings. The van der Waals surface area contributed by atoms with Crippen molar-refractivity contribution in [2.75, 3.05) is 0 Å². The minimum absolute atomic E-state index is 0.414. The summed E-state index contributed by atoms with van der Waals surface area (Å²) in [6.07, 6.45) is 1.64. The highest BCUT2D eigenvalue weighted by Gasteiger charge is 2.33. The number of hydrogen-bond acceptors (Lipinski definition) is 1. The van der Waals surface area contributed by atoms with Gasteiger partial charge >= 0.3 is 5.97 Å². The second-order valence-corrected chi connectivity index (χ2v) is 5.78. The first-order valence-electron chi connectivity index (χ1n) is 6.46. The van der Waals surface area contributed by atoms with Gasteiger partial charge in [0.25, 0.3) is 0 Å². The second kappa shape index (κ2) is 5.55. The third-order valence-electron chi connectivity index (χ3n) is 3.74. The average Bonchev–Trinajstić information content (AvgIpc) is 2.26. The number of aliphatic carboxylic acids is 1. The van der Waals surface area contributed by atoms with E-state index in [1.165, 1.54) is 11.1 Å². The van der Waals surface area contributed by atoms with Crippen molar-refractivity contribution < 1.29 is 9.90 Å². The third-order valence-corrected chi connectivity index (χ3v) is 3.74. The zero-order chi connectivity index (χ0) is 14.0. The fourth-order valence-electron chi connectivity index (χ4n) is 2.52. The Bertz CT molecular complexity index is 419. The number of rotatable bonds is 1. The lowest BCUT2D eigenvalue weighted by Crippen LogP contribution is -2.25. The van der Waals surface area contributed by atoms with Crippen LogP contribution < -0.4 is 0 Å². The van der Waals surface area contributed by atoms with Crippen molar-refractivity contribution in [2.45, 2.75) is 54.4 Å². The fourth-order valence-corrected chi connectivity index (χ4v) is 2.52. The lowest BCUT2D eigenvalue weighted by molar-refractivity contribution is -0.139. The van der Waals surface area contributed by atoms with Crippen molar-refractivity contribution in [1.29, 1.82) is 0 Å². The van der Waals surface area contributed by atoms with E-state index < -0.39 is 11.9 Å². The molecular weight excluding hydrogens is 224 g/mol. The molecule has 0 radical (unpaired) electrons. The summed E-state index contributed by atoms with van der Waals surface area (Å²) < 4.78 is 0.